The maximum atomic E-state index is 12.4. The summed E-state index contributed by atoms with van der Waals surface area (Å²) in [5.74, 6) is -0.0887. The Morgan fingerprint density at radius 1 is 1.17 bits per heavy atom. The molecule has 152 valence electrons. The predicted octanol–water partition coefficient (Wildman–Crippen LogP) is 3.75. The van der Waals surface area contributed by atoms with E-state index < -0.39 is 23.5 Å². The van der Waals surface area contributed by atoms with E-state index in [1.54, 1.807) is 6.07 Å². The Hall–Kier alpha value is -3.27. The van der Waals surface area contributed by atoms with Gasteiger partial charge in [-0.3, -0.25) is 4.79 Å². The SMILES string of the molecule is CC(OC(=O)c1ccc(COc2ccccc2)o1)C(=O)NC1(C#N)CCCCC1. The van der Waals surface area contributed by atoms with Crippen LogP contribution in [-0.2, 0) is 16.1 Å². The minimum absolute atomic E-state index is 0.0102. The highest BCUT2D eigenvalue weighted by Gasteiger charge is 2.35. The molecule has 1 fully saturated rings. The Bertz CT molecular complexity index is 878. The second kappa shape index (κ2) is 9.28. The van der Waals surface area contributed by atoms with Crippen molar-refractivity contribution in [1.29, 1.82) is 5.26 Å². The first-order chi connectivity index (χ1) is 14.0. The minimum Gasteiger partial charge on any atom is -0.486 e. The van der Waals surface area contributed by atoms with Crippen LogP contribution in [0.1, 0.15) is 55.3 Å². The lowest BCUT2D eigenvalue weighted by Gasteiger charge is -2.32. The summed E-state index contributed by atoms with van der Waals surface area (Å²) in [6.45, 7) is 1.64. The van der Waals surface area contributed by atoms with Gasteiger partial charge in [-0.15, -0.1) is 0 Å². The zero-order valence-electron chi connectivity index (χ0n) is 16.3. The van der Waals surface area contributed by atoms with E-state index >= 15 is 0 Å². The topological polar surface area (TPSA) is 102 Å². The normalized spacial score (nSPS) is 16.3. The number of carbonyl (C=O) groups excluding carboxylic acids is 2. The van der Waals surface area contributed by atoms with Crippen molar-refractivity contribution in [2.45, 2.75) is 57.3 Å². The molecular weight excluding hydrogens is 372 g/mol. The summed E-state index contributed by atoms with van der Waals surface area (Å²) < 4.78 is 16.2. The second-order valence-corrected chi connectivity index (χ2v) is 7.16. The van der Waals surface area contributed by atoms with Gasteiger partial charge in [-0.2, -0.15) is 5.26 Å². The van der Waals surface area contributed by atoms with E-state index in [1.165, 1.54) is 13.0 Å². The van der Waals surface area contributed by atoms with Crippen LogP contribution >= 0.6 is 0 Å². The third-order valence-electron chi connectivity index (χ3n) is 4.92. The number of carbonyl (C=O) groups is 2. The number of para-hydroxylation sites is 1. The van der Waals surface area contributed by atoms with Gasteiger partial charge in [-0.05, 0) is 44.0 Å². The fourth-order valence-electron chi connectivity index (χ4n) is 3.27. The van der Waals surface area contributed by atoms with Crippen molar-refractivity contribution in [3.63, 3.8) is 0 Å². The van der Waals surface area contributed by atoms with Crippen molar-refractivity contribution < 1.29 is 23.5 Å². The Labute approximate surface area is 169 Å². The first-order valence-corrected chi connectivity index (χ1v) is 9.72. The fourth-order valence-corrected chi connectivity index (χ4v) is 3.27. The average Bonchev–Trinajstić information content (AvgIpc) is 3.23. The number of benzene rings is 1. The van der Waals surface area contributed by atoms with Gasteiger partial charge in [0.25, 0.3) is 5.91 Å². The zero-order chi connectivity index (χ0) is 20.7. The third-order valence-corrected chi connectivity index (χ3v) is 4.92. The molecule has 0 bridgehead atoms. The van der Waals surface area contributed by atoms with Gasteiger partial charge in [0.1, 0.15) is 23.7 Å². The smallest absolute Gasteiger partial charge is 0.375 e. The Morgan fingerprint density at radius 2 is 1.90 bits per heavy atom. The molecule has 1 aliphatic rings. The summed E-state index contributed by atoms with van der Waals surface area (Å²) in [6, 6.07) is 14.6. The van der Waals surface area contributed by atoms with Crippen LogP contribution in [0.15, 0.2) is 46.9 Å². The number of amides is 1. The first-order valence-electron chi connectivity index (χ1n) is 9.72. The molecule has 1 N–H and O–H groups in total. The molecule has 1 amide bonds. The number of ether oxygens (including phenoxy) is 2. The maximum absolute atomic E-state index is 12.4. The molecule has 0 aliphatic heterocycles. The molecule has 29 heavy (non-hydrogen) atoms. The molecule has 7 nitrogen and oxygen atoms in total. The van der Waals surface area contributed by atoms with Gasteiger partial charge in [-0.25, -0.2) is 4.79 Å². The zero-order valence-corrected chi connectivity index (χ0v) is 16.3. The lowest BCUT2D eigenvalue weighted by atomic mass is 9.83. The lowest BCUT2D eigenvalue weighted by Crippen LogP contribution is -2.52. The van der Waals surface area contributed by atoms with Gasteiger partial charge in [0.15, 0.2) is 6.10 Å². The molecule has 1 aromatic heterocycles. The molecule has 1 unspecified atom stereocenters. The van der Waals surface area contributed by atoms with E-state index in [0.717, 1.165) is 19.3 Å². The van der Waals surface area contributed by atoms with Crippen molar-refractivity contribution in [3.8, 4) is 11.8 Å². The van der Waals surface area contributed by atoms with Gasteiger partial charge in [0.2, 0.25) is 5.76 Å². The van der Waals surface area contributed by atoms with Crippen molar-refractivity contribution in [2.75, 3.05) is 0 Å². The number of nitrogens with one attached hydrogen (secondary N) is 1. The van der Waals surface area contributed by atoms with E-state index in [2.05, 4.69) is 11.4 Å². The molecule has 1 heterocycles. The van der Waals surface area contributed by atoms with Gasteiger partial charge < -0.3 is 19.2 Å². The number of nitriles is 1. The molecule has 0 saturated heterocycles. The first kappa shape index (κ1) is 20.5. The highest BCUT2D eigenvalue weighted by Crippen LogP contribution is 2.27. The van der Waals surface area contributed by atoms with Gasteiger partial charge in [0.05, 0.1) is 6.07 Å². The molecule has 0 spiro atoms. The predicted molar refractivity (Wildman–Crippen MR) is 104 cm³/mol. The van der Waals surface area contributed by atoms with Crippen LogP contribution in [0.5, 0.6) is 5.75 Å². The molecular formula is C22H24N2O5. The van der Waals surface area contributed by atoms with Gasteiger partial charge in [0, 0.05) is 0 Å². The van der Waals surface area contributed by atoms with Crippen LogP contribution in [0.4, 0.5) is 0 Å². The largest absolute Gasteiger partial charge is 0.486 e. The molecule has 0 radical (unpaired) electrons. The van der Waals surface area contributed by atoms with E-state index in [0.29, 0.717) is 24.4 Å². The summed E-state index contributed by atoms with van der Waals surface area (Å²) >= 11 is 0. The van der Waals surface area contributed by atoms with Crippen LogP contribution in [0.2, 0.25) is 0 Å². The van der Waals surface area contributed by atoms with Crippen LogP contribution in [0.25, 0.3) is 0 Å². The Morgan fingerprint density at radius 3 is 2.59 bits per heavy atom. The average molecular weight is 396 g/mol. The molecule has 1 aromatic carbocycles. The van der Waals surface area contributed by atoms with Crippen LogP contribution in [-0.4, -0.2) is 23.5 Å². The van der Waals surface area contributed by atoms with Crippen molar-refractivity contribution in [1.82, 2.24) is 5.32 Å². The molecule has 1 atom stereocenters. The highest BCUT2D eigenvalue weighted by atomic mass is 16.6. The Kier molecular flexibility index (Phi) is 6.55. The van der Waals surface area contributed by atoms with Crippen molar-refractivity contribution >= 4 is 11.9 Å². The summed E-state index contributed by atoms with van der Waals surface area (Å²) in [4.78, 5) is 24.7. The van der Waals surface area contributed by atoms with Crippen LogP contribution < -0.4 is 10.1 Å². The van der Waals surface area contributed by atoms with Gasteiger partial charge >= 0.3 is 5.97 Å². The van der Waals surface area contributed by atoms with Crippen molar-refractivity contribution in [2.24, 2.45) is 0 Å². The molecule has 1 aliphatic carbocycles. The number of furan rings is 1. The van der Waals surface area contributed by atoms with E-state index in [1.807, 2.05) is 30.3 Å². The summed E-state index contributed by atoms with van der Waals surface area (Å²) in [6.07, 6.45) is 3.02. The third kappa shape index (κ3) is 5.38. The summed E-state index contributed by atoms with van der Waals surface area (Å²) in [5, 5.41) is 12.2. The summed E-state index contributed by atoms with van der Waals surface area (Å²) in [7, 11) is 0. The lowest BCUT2D eigenvalue weighted by molar-refractivity contribution is -0.130. The van der Waals surface area contributed by atoms with Gasteiger partial charge in [-0.1, -0.05) is 37.5 Å². The number of hydrogen-bond acceptors (Lipinski definition) is 6. The monoisotopic (exact) mass is 396 g/mol. The highest BCUT2D eigenvalue weighted by molar-refractivity contribution is 5.90. The number of hydrogen-bond donors (Lipinski definition) is 1. The van der Waals surface area contributed by atoms with E-state index in [4.69, 9.17) is 13.9 Å². The number of rotatable bonds is 7. The van der Waals surface area contributed by atoms with E-state index in [9.17, 15) is 14.9 Å². The fraction of sp³-hybridized carbons (Fsp3) is 0.409. The molecule has 3 rings (SSSR count). The standard InChI is InChI=1S/C22H24N2O5/c1-16(20(25)24-22(15-23)12-6-3-7-13-22)28-21(26)19-11-10-18(29-19)14-27-17-8-4-2-5-9-17/h2,4-5,8-11,16H,3,6-7,12-14H2,1H3,(H,24,25). The minimum atomic E-state index is -1.04. The second-order valence-electron chi connectivity index (χ2n) is 7.16. The summed E-state index contributed by atoms with van der Waals surface area (Å²) in [5.41, 5.74) is -0.872. The number of nitrogens with zero attached hydrogens (tertiary/aromatic N) is 1. The molecule has 1 saturated carbocycles. The van der Waals surface area contributed by atoms with E-state index in [-0.39, 0.29) is 12.4 Å². The van der Waals surface area contributed by atoms with Crippen molar-refractivity contribution in [3.05, 3.63) is 54.0 Å². The van der Waals surface area contributed by atoms with Crippen LogP contribution in [0.3, 0.4) is 0 Å². The molecule has 2 aromatic rings. The van der Waals surface area contributed by atoms with Crippen LogP contribution in [0, 0.1) is 11.3 Å². The number of esters is 1. The Balaban J connectivity index is 1.52. The molecule has 7 heteroatoms. The quantitative estimate of drug-likeness (QED) is 0.715. The maximum Gasteiger partial charge on any atom is 0.375 e.